The summed E-state index contributed by atoms with van der Waals surface area (Å²) in [5.41, 5.74) is 4.19. The zero-order valence-electron chi connectivity index (χ0n) is 18.4. The van der Waals surface area contributed by atoms with Crippen molar-refractivity contribution in [2.45, 2.75) is 11.8 Å². The molecule has 7 nitrogen and oxygen atoms in total. The highest BCUT2D eigenvalue weighted by atomic mass is 35.5. The lowest BCUT2D eigenvalue weighted by atomic mass is 10.0. The van der Waals surface area contributed by atoms with Gasteiger partial charge in [-0.2, -0.15) is 4.98 Å². The second-order valence-electron chi connectivity index (χ2n) is 7.97. The maximum Gasteiger partial charge on any atom is 0.260 e. The number of aromatic nitrogens is 3. The average Bonchev–Trinajstić information content (AvgIpc) is 3.55. The molecule has 0 atom stereocenters. The van der Waals surface area contributed by atoms with Crippen molar-refractivity contribution in [3.63, 3.8) is 0 Å². The van der Waals surface area contributed by atoms with E-state index in [9.17, 15) is 0 Å². The lowest BCUT2D eigenvalue weighted by Crippen LogP contribution is -2.46. The average molecular weight is 519 g/mol. The Kier molecular flexibility index (Phi) is 6.79. The summed E-state index contributed by atoms with van der Waals surface area (Å²) in [4.78, 5) is 8.16. The molecule has 0 spiro atoms. The van der Waals surface area contributed by atoms with Gasteiger partial charge >= 0.3 is 0 Å². The minimum Gasteiger partial charge on any atom is -0.368 e. The lowest BCUT2D eigenvalue weighted by Gasteiger charge is -2.36. The predicted octanol–water partition coefficient (Wildman–Crippen LogP) is 6.33. The van der Waals surface area contributed by atoms with Gasteiger partial charge in [0.25, 0.3) is 5.89 Å². The highest BCUT2D eigenvalue weighted by Gasteiger charge is 2.23. The van der Waals surface area contributed by atoms with E-state index in [4.69, 9.17) is 43.8 Å². The molecule has 3 heterocycles. The van der Waals surface area contributed by atoms with Crippen LogP contribution in [0.15, 0.2) is 57.6 Å². The summed E-state index contributed by atoms with van der Waals surface area (Å²) in [7, 11) is 0. The maximum absolute atomic E-state index is 6.66. The molecule has 1 fully saturated rings. The number of nitrogens with zero attached hydrogens (tertiary/aromatic N) is 5. The molecule has 1 aliphatic heterocycles. The molecule has 2 aromatic carbocycles. The molecule has 2 aromatic heterocycles. The fraction of sp³-hybridized carbons (Fsp3) is 0.292. The topological polar surface area (TPSA) is 71.4 Å². The molecule has 0 aliphatic carbocycles. The molecule has 1 saturated heterocycles. The van der Waals surface area contributed by atoms with Crippen LogP contribution in [0.4, 0.5) is 5.69 Å². The molecule has 0 saturated carbocycles. The van der Waals surface area contributed by atoms with Gasteiger partial charge in [0.1, 0.15) is 5.69 Å². The van der Waals surface area contributed by atoms with Crippen molar-refractivity contribution in [3.8, 4) is 34.0 Å². The van der Waals surface area contributed by atoms with Gasteiger partial charge in [0.05, 0.1) is 5.02 Å². The Morgan fingerprint density at radius 3 is 2.44 bits per heavy atom. The number of anilines is 1. The second kappa shape index (κ2) is 9.96. The van der Waals surface area contributed by atoms with Gasteiger partial charge in [0, 0.05) is 54.6 Å². The summed E-state index contributed by atoms with van der Waals surface area (Å²) in [6.07, 6.45) is 0. The first-order valence-corrected chi connectivity index (χ1v) is 12.2. The minimum atomic E-state index is -0.879. The monoisotopic (exact) mass is 517 g/mol. The third-order valence-corrected chi connectivity index (χ3v) is 6.64. The van der Waals surface area contributed by atoms with E-state index in [2.05, 4.69) is 38.1 Å². The van der Waals surface area contributed by atoms with Crippen molar-refractivity contribution in [3.05, 3.63) is 59.4 Å². The van der Waals surface area contributed by atoms with Crippen molar-refractivity contribution in [2.75, 3.05) is 37.6 Å². The normalized spacial score (nSPS) is 14.8. The van der Waals surface area contributed by atoms with Crippen LogP contribution >= 0.6 is 34.8 Å². The minimum absolute atomic E-state index is 0.150. The zero-order valence-corrected chi connectivity index (χ0v) is 20.7. The molecule has 0 bridgehead atoms. The highest BCUT2D eigenvalue weighted by Crippen LogP contribution is 2.39. The van der Waals surface area contributed by atoms with E-state index >= 15 is 0 Å². The number of alkyl halides is 2. The summed E-state index contributed by atoms with van der Waals surface area (Å²) in [6, 6.07) is 15.4. The standard InChI is InChI=1S/C24H22Cl3N5O2/c1-2-31-9-11-32(12-10-31)19-8-4-7-17(25)21(19)18-14-20(33-29-18)15-5-3-6-16(13-15)23-28-24(22(26)27)34-30-23/h3-8,13-14,22H,2,9-12H2,1H3. The number of benzene rings is 2. The summed E-state index contributed by atoms with van der Waals surface area (Å²) in [5, 5.41) is 8.95. The largest absolute Gasteiger partial charge is 0.368 e. The Labute approximate surface area is 212 Å². The van der Waals surface area contributed by atoms with Crippen LogP contribution < -0.4 is 4.90 Å². The van der Waals surface area contributed by atoms with Crippen LogP contribution in [0.25, 0.3) is 34.0 Å². The molecule has 176 valence electrons. The molecular formula is C24H22Cl3N5O2. The van der Waals surface area contributed by atoms with E-state index in [1.165, 1.54) is 0 Å². The first kappa shape index (κ1) is 23.2. The van der Waals surface area contributed by atoms with Crippen molar-refractivity contribution in [2.24, 2.45) is 0 Å². The van der Waals surface area contributed by atoms with Crippen LogP contribution in [-0.2, 0) is 0 Å². The second-order valence-corrected chi connectivity index (χ2v) is 9.47. The van der Waals surface area contributed by atoms with Gasteiger partial charge in [-0.1, -0.05) is 76.3 Å². The molecule has 0 N–H and O–H groups in total. The molecular weight excluding hydrogens is 497 g/mol. The van der Waals surface area contributed by atoms with E-state index in [1.807, 2.05) is 42.5 Å². The van der Waals surface area contributed by atoms with Gasteiger partial charge < -0.3 is 18.8 Å². The van der Waals surface area contributed by atoms with E-state index in [-0.39, 0.29) is 5.89 Å². The molecule has 0 amide bonds. The molecule has 0 unspecified atom stereocenters. The fourth-order valence-electron chi connectivity index (χ4n) is 4.12. The molecule has 5 rings (SSSR count). The maximum atomic E-state index is 6.66. The SMILES string of the molecule is CCN1CCN(c2cccc(Cl)c2-c2cc(-c3cccc(-c4noc(C(Cl)Cl)n4)c3)on2)CC1. The van der Waals surface area contributed by atoms with Crippen LogP contribution in [0.1, 0.15) is 17.7 Å². The third kappa shape index (κ3) is 4.66. The summed E-state index contributed by atoms with van der Waals surface area (Å²) in [6.45, 7) is 7.16. The summed E-state index contributed by atoms with van der Waals surface area (Å²) in [5.74, 6) is 1.15. The van der Waals surface area contributed by atoms with Gasteiger partial charge in [-0.15, -0.1) is 0 Å². The van der Waals surface area contributed by atoms with Crippen LogP contribution in [0.3, 0.4) is 0 Å². The molecule has 4 aromatic rings. The summed E-state index contributed by atoms with van der Waals surface area (Å²) >= 11 is 18.3. The van der Waals surface area contributed by atoms with E-state index in [0.29, 0.717) is 22.3 Å². The van der Waals surface area contributed by atoms with Gasteiger partial charge in [0.2, 0.25) is 5.82 Å². The Bertz CT molecular complexity index is 1280. The number of hydrogen-bond donors (Lipinski definition) is 0. The number of rotatable bonds is 6. The molecule has 34 heavy (non-hydrogen) atoms. The van der Waals surface area contributed by atoms with Gasteiger partial charge in [-0.25, -0.2) is 0 Å². The van der Waals surface area contributed by atoms with Crippen molar-refractivity contribution in [1.29, 1.82) is 0 Å². The van der Waals surface area contributed by atoms with Crippen LogP contribution in [-0.4, -0.2) is 52.9 Å². The van der Waals surface area contributed by atoms with Crippen molar-refractivity contribution >= 4 is 40.5 Å². The van der Waals surface area contributed by atoms with Gasteiger partial charge in [-0.05, 0) is 24.7 Å². The predicted molar refractivity (Wildman–Crippen MR) is 134 cm³/mol. The van der Waals surface area contributed by atoms with Crippen LogP contribution in [0.2, 0.25) is 5.02 Å². The Morgan fingerprint density at radius 2 is 1.71 bits per heavy atom. The first-order chi connectivity index (χ1) is 16.5. The van der Waals surface area contributed by atoms with Crippen molar-refractivity contribution in [1.82, 2.24) is 20.2 Å². The van der Waals surface area contributed by atoms with E-state index in [0.717, 1.165) is 55.1 Å². The highest BCUT2D eigenvalue weighted by molar-refractivity contribution is 6.43. The lowest BCUT2D eigenvalue weighted by molar-refractivity contribution is 0.271. The Morgan fingerprint density at radius 1 is 0.941 bits per heavy atom. The number of hydrogen-bond acceptors (Lipinski definition) is 7. The number of likely N-dealkylation sites (N-methyl/N-ethyl adjacent to an activating group) is 1. The van der Waals surface area contributed by atoms with Crippen LogP contribution in [0.5, 0.6) is 0 Å². The molecule has 1 aliphatic rings. The molecule has 10 heteroatoms. The van der Waals surface area contributed by atoms with Crippen LogP contribution in [0, 0.1) is 0 Å². The Balaban J connectivity index is 1.45. The number of halogens is 3. The Hall–Kier alpha value is -2.58. The fourth-order valence-corrected chi connectivity index (χ4v) is 4.56. The summed E-state index contributed by atoms with van der Waals surface area (Å²) < 4.78 is 10.8. The van der Waals surface area contributed by atoms with Gasteiger partial charge in [-0.3, -0.25) is 0 Å². The smallest absolute Gasteiger partial charge is 0.260 e. The van der Waals surface area contributed by atoms with E-state index < -0.39 is 4.84 Å². The number of piperazine rings is 1. The van der Waals surface area contributed by atoms with E-state index in [1.54, 1.807) is 0 Å². The zero-order chi connectivity index (χ0) is 23.7. The van der Waals surface area contributed by atoms with Gasteiger partial charge in [0.15, 0.2) is 10.6 Å². The first-order valence-electron chi connectivity index (χ1n) is 11.0. The quantitative estimate of drug-likeness (QED) is 0.276. The molecule has 0 radical (unpaired) electrons. The van der Waals surface area contributed by atoms with Crippen molar-refractivity contribution < 1.29 is 9.05 Å². The third-order valence-electron chi connectivity index (χ3n) is 5.95.